The summed E-state index contributed by atoms with van der Waals surface area (Å²) in [7, 11) is 1.57. The number of methoxy groups -OCH3 is 1. The minimum atomic E-state index is -0.222. The van der Waals surface area contributed by atoms with Crippen LogP contribution in [0.3, 0.4) is 0 Å². The van der Waals surface area contributed by atoms with Gasteiger partial charge >= 0.3 is 0 Å². The van der Waals surface area contributed by atoms with Crippen LogP contribution >= 0.6 is 0 Å². The van der Waals surface area contributed by atoms with Gasteiger partial charge in [-0.1, -0.05) is 30.3 Å². The molecule has 182 valence electrons. The lowest BCUT2D eigenvalue weighted by Crippen LogP contribution is -2.27. The van der Waals surface area contributed by atoms with E-state index in [-0.39, 0.29) is 24.3 Å². The topological polar surface area (TPSA) is 109 Å². The number of amides is 3. The molecule has 0 unspecified atom stereocenters. The van der Waals surface area contributed by atoms with E-state index >= 15 is 0 Å². The van der Waals surface area contributed by atoms with E-state index in [0.717, 1.165) is 11.3 Å². The van der Waals surface area contributed by atoms with E-state index < -0.39 is 0 Å². The molecule has 0 atom stereocenters. The minimum absolute atomic E-state index is 0.0487. The van der Waals surface area contributed by atoms with Gasteiger partial charge in [0.25, 0.3) is 5.91 Å². The van der Waals surface area contributed by atoms with Crippen LogP contribution in [0.2, 0.25) is 0 Å². The number of carbonyl (C=O) groups excluding carboxylic acids is 3. The van der Waals surface area contributed by atoms with Crippen molar-refractivity contribution in [3.05, 3.63) is 90.0 Å². The molecule has 3 aromatic carbocycles. The third-order valence-corrected chi connectivity index (χ3v) is 5.13. The maximum Gasteiger partial charge on any atom is 0.251 e. The summed E-state index contributed by atoms with van der Waals surface area (Å²) >= 11 is 0. The Balaban J connectivity index is 1.39. The maximum absolute atomic E-state index is 12.3. The second kappa shape index (κ2) is 13.5. The lowest BCUT2D eigenvalue weighted by Gasteiger charge is -2.10. The molecule has 0 spiro atoms. The van der Waals surface area contributed by atoms with Gasteiger partial charge in [0.05, 0.1) is 13.2 Å². The second-order valence-electron chi connectivity index (χ2n) is 7.84. The minimum Gasteiger partial charge on any atom is -0.383 e. The number of rotatable bonds is 12. The lowest BCUT2D eigenvalue weighted by atomic mass is 10.1. The van der Waals surface area contributed by atoms with Crippen LogP contribution in [0, 0.1) is 0 Å². The van der Waals surface area contributed by atoms with E-state index in [9.17, 15) is 14.4 Å². The molecule has 3 amide bonds. The van der Waals surface area contributed by atoms with Crippen LogP contribution in [0.4, 0.5) is 17.1 Å². The van der Waals surface area contributed by atoms with E-state index in [4.69, 9.17) is 4.74 Å². The first kappa shape index (κ1) is 25.5. The van der Waals surface area contributed by atoms with Crippen LogP contribution < -0.4 is 21.3 Å². The van der Waals surface area contributed by atoms with Crippen molar-refractivity contribution in [2.75, 3.05) is 42.8 Å². The Labute approximate surface area is 205 Å². The molecule has 8 nitrogen and oxygen atoms in total. The van der Waals surface area contributed by atoms with E-state index in [1.54, 1.807) is 55.6 Å². The molecule has 3 aromatic rings. The summed E-state index contributed by atoms with van der Waals surface area (Å²) in [5, 5.41) is 11.5. The normalized spacial score (nSPS) is 10.3. The number of nitrogens with one attached hydrogen (secondary N) is 4. The quantitative estimate of drug-likeness (QED) is 0.300. The second-order valence-corrected chi connectivity index (χ2v) is 7.84. The van der Waals surface area contributed by atoms with Crippen molar-refractivity contribution in [1.82, 2.24) is 5.32 Å². The molecule has 0 saturated carbocycles. The molecular formula is C27H30N4O4. The fourth-order valence-corrected chi connectivity index (χ4v) is 3.26. The van der Waals surface area contributed by atoms with Crippen molar-refractivity contribution in [2.45, 2.75) is 12.8 Å². The number of hydrogen-bond acceptors (Lipinski definition) is 5. The number of anilines is 3. The van der Waals surface area contributed by atoms with Crippen LogP contribution in [-0.4, -0.2) is 44.5 Å². The summed E-state index contributed by atoms with van der Waals surface area (Å²) in [5.41, 5.74) is 3.68. The van der Waals surface area contributed by atoms with E-state index in [0.29, 0.717) is 42.9 Å². The van der Waals surface area contributed by atoms with Crippen LogP contribution in [0.15, 0.2) is 78.9 Å². The highest BCUT2D eigenvalue weighted by Gasteiger charge is 2.07. The van der Waals surface area contributed by atoms with Gasteiger partial charge in [0.2, 0.25) is 11.8 Å². The van der Waals surface area contributed by atoms with Crippen LogP contribution in [0.5, 0.6) is 0 Å². The van der Waals surface area contributed by atoms with Gasteiger partial charge in [-0.05, 0) is 60.5 Å². The molecule has 4 N–H and O–H groups in total. The van der Waals surface area contributed by atoms with Crippen LogP contribution in [-0.2, 0) is 20.7 Å². The number of carbonyl (C=O) groups is 3. The molecule has 0 aliphatic heterocycles. The molecule has 0 bridgehead atoms. The van der Waals surface area contributed by atoms with Crippen molar-refractivity contribution in [1.29, 1.82) is 0 Å². The van der Waals surface area contributed by atoms with Crippen molar-refractivity contribution in [3.63, 3.8) is 0 Å². The SMILES string of the molecule is COCCNC(=O)c1ccc(NC(=O)CNc2ccc(NC(=O)CCc3ccccc3)cc2)cc1. The van der Waals surface area contributed by atoms with E-state index in [1.807, 2.05) is 30.3 Å². The average Bonchev–Trinajstić information content (AvgIpc) is 2.88. The van der Waals surface area contributed by atoms with Gasteiger partial charge in [0.15, 0.2) is 0 Å². The Bertz CT molecular complexity index is 1100. The van der Waals surface area contributed by atoms with Gasteiger partial charge in [-0.3, -0.25) is 14.4 Å². The zero-order valence-corrected chi connectivity index (χ0v) is 19.7. The largest absolute Gasteiger partial charge is 0.383 e. The molecule has 35 heavy (non-hydrogen) atoms. The number of benzene rings is 3. The molecule has 0 heterocycles. The zero-order chi connectivity index (χ0) is 24.9. The molecule has 0 fully saturated rings. The molecule has 0 saturated heterocycles. The van der Waals surface area contributed by atoms with Crippen molar-refractivity contribution >= 4 is 34.8 Å². The van der Waals surface area contributed by atoms with Crippen molar-refractivity contribution in [3.8, 4) is 0 Å². The predicted octanol–water partition coefficient (Wildman–Crippen LogP) is 3.68. The third kappa shape index (κ3) is 8.94. The summed E-state index contributed by atoms with van der Waals surface area (Å²) in [6.07, 6.45) is 1.09. The average molecular weight is 475 g/mol. The van der Waals surface area contributed by atoms with Gasteiger partial charge in [-0.15, -0.1) is 0 Å². The predicted molar refractivity (Wildman–Crippen MR) is 138 cm³/mol. The monoisotopic (exact) mass is 474 g/mol. The molecule has 0 radical (unpaired) electrons. The van der Waals surface area contributed by atoms with Gasteiger partial charge in [0.1, 0.15) is 0 Å². The summed E-state index contributed by atoms with van der Waals surface area (Å²) in [5.74, 6) is -0.467. The Hall–Kier alpha value is -4.17. The summed E-state index contributed by atoms with van der Waals surface area (Å²) in [4.78, 5) is 36.4. The fraction of sp³-hybridized carbons (Fsp3) is 0.222. The summed E-state index contributed by atoms with van der Waals surface area (Å²) in [6.45, 7) is 0.947. The number of hydrogen-bond donors (Lipinski definition) is 4. The first-order valence-electron chi connectivity index (χ1n) is 11.4. The molecule has 0 aliphatic carbocycles. The Morgan fingerprint density at radius 2 is 1.34 bits per heavy atom. The molecule has 0 aromatic heterocycles. The van der Waals surface area contributed by atoms with E-state index in [1.165, 1.54) is 0 Å². The van der Waals surface area contributed by atoms with E-state index in [2.05, 4.69) is 21.3 Å². The highest BCUT2D eigenvalue weighted by atomic mass is 16.5. The first-order chi connectivity index (χ1) is 17.0. The maximum atomic E-state index is 12.3. The third-order valence-electron chi connectivity index (χ3n) is 5.13. The summed E-state index contributed by atoms with van der Waals surface area (Å²) < 4.78 is 4.90. The molecule has 8 heteroatoms. The smallest absolute Gasteiger partial charge is 0.251 e. The summed E-state index contributed by atoms with van der Waals surface area (Å²) in [6, 6.07) is 23.7. The standard InChI is InChI=1S/C27H30N4O4/c1-35-18-17-28-27(34)21-8-10-23(11-9-21)31-26(33)19-29-22-12-14-24(15-13-22)30-25(32)16-7-20-5-3-2-4-6-20/h2-6,8-15,29H,7,16-19H2,1H3,(H,28,34)(H,30,32)(H,31,33). The van der Waals surface area contributed by atoms with Crippen LogP contribution in [0.25, 0.3) is 0 Å². The molecular weight excluding hydrogens is 444 g/mol. The Morgan fingerprint density at radius 3 is 2.00 bits per heavy atom. The fourth-order valence-electron chi connectivity index (χ4n) is 3.26. The molecule has 0 aliphatic rings. The van der Waals surface area contributed by atoms with Crippen molar-refractivity contribution < 1.29 is 19.1 Å². The van der Waals surface area contributed by atoms with Gasteiger partial charge in [0, 0.05) is 42.7 Å². The zero-order valence-electron chi connectivity index (χ0n) is 19.7. The highest BCUT2D eigenvalue weighted by Crippen LogP contribution is 2.15. The van der Waals surface area contributed by atoms with Crippen LogP contribution in [0.1, 0.15) is 22.3 Å². The number of ether oxygens (including phenoxy) is 1. The van der Waals surface area contributed by atoms with Crippen molar-refractivity contribution in [2.24, 2.45) is 0 Å². The van der Waals surface area contributed by atoms with Gasteiger partial charge in [-0.2, -0.15) is 0 Å². The molecule has 3 rings (SSSR count). The Morgan fingerprint density at radius 1 is 0.743 bits per heavy atom. The van der Waals surface area contributed by atoms with Gasteiger partial charge < -0.3 is 26.0 Å². The van der Waals surface area contributed by atoms with Gasteiger partial charge in [-0.25, -0.2) is 0 Å². The number of aryl methyl sites for hydroxylation is 1. The Kier molecular flexibility index (Phi) is 9.83. The lowest BCUT2D eigenvalue weighted by molar-refractivity contribution is -0.116. The highest BCUT2D eigenvalue weighted by molar-refractivity contribution is 5.96. The first-order valence-corrected chi connectivity index (χ1v) is 11.4.